The maximum atomic E-state index is 5.50. The van der Waals surface area contributed by atoms with E-state index in [0.29, 0.717) is 19.3 Å². The van der Waals surface area contributed by atoms with Gasteiger partial charge in [0.15, 0.2) is 0 Å². The highest BCUT2D eigenvalue weighted by Crippen LogP contribution is 2.03. The molecule has 0 aliphatic heterocycles. The summed E-state index contributed by atoms with van der Waals surface area (Å²) in [5, 5.41) is 6.77. The lowest BCUT2D eigenvalue weighted by atomic mass is 10.1. The minimum Gasteiger partial charge on any atom is -0.329 e. The molecule has 0 fully saturated rings. The van der Waals surface area contributed by atoms with Crippen molar-refractivity contribution >= 4 is 0 Å². The molecule has 1 aromatic rings. The predicted octanol–water partition coefficient (Wildman–Crippen LogP) is 0.0419. The van der Waals surface area contributed by atoms with E-state index in [1.807, 2.05) is 6.07 Å². The zero-order valence-corrected chi connectivity index (χ0v) is 10.4. The SMILES string of the molecule is NCCNC(CCc1ccccc1)NCCN. The smallest absolute Gasteiger partial charge is 0.0575 e. The molecular formula is C13H24N4. The predicted molar refractivity (Wildman–Crippen MR) is 72.7 cm³/mol. The summed E-state index contributed by atoms with van der Waals surface area (Å²) in [5.41, 5.74) is 12.4. The minimum atomic E-state index is 0.294. The summed E-state index contributed by atoms with van der Waals surface area (Å²) in [6.45, 7) is 2.98. The molecule has 0 spiro atoms. The molecule has 0 saturated carbocycles. The van der Waals surface area contributed by atoms with Crippen molar-refractivity contribution in [3.63, 3.8) is 0 Å². The summed E-state index contributed by atoms with van der Waals surface area (Å²) < 4.78 is 0. The highest BCUT2D eigenvalue weighted by molar-refractivity contribution is 5.14. The third-order valence-corrected chi connectivity index (χ3v) is 2.63. The molecule has 4 heteroatoms. The van der Waals surface area contributed by atoms with Crippen LogP contribution < -0.4 is 22.1 Å². The Morgan fingerprint density at radius 1 is 0.941 bits per heavy atom. The summed E-state index contributed by atoms with van der Waals surface area (Å²) in [6, 6.07) is 10.5. The topological polar surface area (TPSA) is 76.1 Å². The Bertz CT molecular complexity index is 268. The van der Waals surface area contributed by atoms with Gasteiger partial charge in [0.05, 0.1) is 6.17 Å². The number of aryl methyl sites for hydroxylation is 1. The molecule has 1 rings (SSSR count). The molecule has 4 nitrogen and oxygen atoms in total. The fraction of sp³-hybridized carbons (Fsp3) is 0.538. The van der Waals surface area contributed by atoms with Crippen LogP contribution in [-0.4, -0.2) is 32.3 Å². The second-order valence-corrected chi connectivity index (χ2v) is 4.06. The van der Waals surface area contributed by atoms with Gasteiger partial charge in [-0.05, 0) is 18.4 Å². The normalized spacial score (nSPS) is 11.0. The molecular weight excluding hydrogens is 212 g/mol. The number of hydrogen-bond donors (Lipinski definition) is 4. The summed E-state index contributed by atoms with van der Waals surface area (Å²) in [5.74, 6) is 0. The molecule has 0 radical (unpaired) electrons. The van der Waals surface area contributed by atoms with Crippen molar-refractivity contribution in [1.29, 1.82) is 0 Å². The van der Waals surface area contributed by atoms with Gasteiger partial charge in [0, 0.05) is 26.2 Å². The second-order valence-electron chi connectivity index (χ2n) is 4.06. The molecule has 0 unspecified atom stereocenters. The van der Waals surface area contributed by atoms with Gasteiger partial charge in [-0.1, -0.05) is 30.3 Å². The van der Waals surface area contributed by atoms with Crippen molar-refractivity contribution in [3.05, 3.63) is 35.9 Å². The molecule has 0 heterocycles. The van der Waals surface area contributed by atoms with E-state index in [1.165, 1.54) is 5.56 Å². The van der Waals surface area contributed by atoms with Gasteiger partial charge < -0.3 is 22.1 Å². The first kappa shape index (κ1) is 14.1. The van der Waals surface area contributed by atoms with Crippen LogP contribution in [0.4, 0.5) is 0 Å². The number of hydrogen-bond acceptors (Lipinski definition) is 4. The Kier molecular flexibility index (Phi) is 7.58. The Labute approximate surface area is 104 Å². The number of benzene rings is 1. The van der Waals surface area contributed by atoms with E-state index in [2.05, 4.69) is 34.9 Å². The molecule has 1 aromatic carbocycles. The third kappa shape index (κ3) is 6.38. The maximum Gasteiger partial charge on any atom is 0.0575 e. The average Bonchev–Trinajstić information content (AvgIpc) is 2.39. The highest BCUT2D eigenvalue weighted by atomic mass is 15.1. The monoisotopic (exact) mass is 236 g/mol. The van der Waals surface area contributed by atoms with Crippen molar-refractivity contribution in [2.75, 3.05) is 26.2 Å². The van der Waals surface area contributed by atoms with E-state index in [-0.39, 0.29) is 0 Å². The van der Waals surface area contributed by atoms with Crippen LogP contribution in [0.3, 0.4) is 0 Å². The fourth-order valence-corrected chi connectivity index (χ4v) is 1.75. The standard InChI is InChI=1S/C13H24N4/c14-8-10-16-13(17-11-9-15)7-6-12-4-2-1-3-5-12/h1-5,13,16-17H,6-11,14-15H2. The first-order valence-electron chi connectivity index (χ1n) is 6.27. The van der Waals surface area contributed by atoms with Gasteiger partial charge >= 0.3 is 0 Å². The average molecular weight is 236 g/mol. The minimum absolute atomic E-state index is 0.294. The van der Waals surface area contributed by atoms with Gasteiger partial charge in [-0.2, -0.15) is 0 Å². The number of rotatable bonds is 9. The third-order valence-electron chi connectivity index (χ3n) is 2.63. The van der Waals surface area contributed by atoms with Crippen molar-refractivity contribution in [2.24, 2.45) is 11.5 Å². The van der Waals surface area contributed by atoms with E-state index < -0.39 is 0 Å². The van der Waals surface area contributed by atoms with Crippen molar-refractivity contribution in [1.82, 2.24) is 10.6 Å². The first-order valence-corrected chi connectivity index (χ1v) is 6.27. The van der Waals surface area contributed by atoms with Crippen molar-refractivity contribution < 1.29 is 0 Å². The first-order chi connectivity index (χ1) is 8.36. The van der Waals surface area contributed by atoms with Crippen molar-refractivity contribution in [2.45, 2.75) is 19.0 Å². The number of nitrogens with one attached hydrogen (secondary N) is 2. The van der Waals surface area contributed by atoms with E-state index in [9.17, 15) is 0 Å². The van der Waals surface area contributed by atoms with Gasteiger partial charge in [0.1, 0.15) is 0 Å². The van der Waals surface area contributed by atoms with Crippen LogP contribution in [0, 0.1) is 0 Å². The van der Waals surface area contributed by atoms with Crippen LogP contribution in [0.15, 0.2) is 30.3 Å². The second kappa shape index (κ2) is 9.13. The van der Waals surface area contributed by atoms with Crippen LogP contribution in [0.2, 0.25) is 0 Å². The summed E-state index contributed by atoms with van der Waals surface area (Å²) in [4.78, 5) is 0. The van der Waals surface area contributed by atoms with Crippen molar-refractivity contribution in [3.8, 4) is 0 Å². The van der Waals surface area contributed by atoms with Gasteiger partial charge in [0.2, 0.25) is 0 Å². The summed E-state index contributed by atoms with van der Waals surface area (Å²) in [7, 11) is 0. The highest BCUT2D eigenvalue weighted by Gasteiger charge is 2.06. The quantitative estimate of drug-likeness (QED) is 0.457. The van der Waals surface area contributed by atoms with Gasteiger partial charge in [-0.15, -0.1) is 0 Å². The lowest BCUT2D eigenvalue weighted by Gasteiger charge is -2.19. The largest absolute Gasteiger partial charge is 0.329 e. The van der Waals surface area contributed by atoms with Crippen LogP contribution in [0.5, 0.6) is 0 Å². The molecule has 0 saturated heterocycles. The Balaban J connectivity index is 2.31. The van der Waals surface area contributed by atoms with E-state index in [1.54, 1.807) is 0 Å². The molecule has 0 aliphatic rings. The van der Waals surface area contributed by atoms with Crippen LogP contribution in [0.25, 0.3) is 0 Å². The Morgan fingerprint density at radius 2 is 1.53 bits per heavy atom. The lowest BCUT2D eigenvalue weighted by molar-refractivity contribution is 0.409. The zero-order chi connectivity index (χ0) is 12.3. The Morgan fingerprint density at radius 3 is 2.06 bits per heavy atom. The van der Waals surface area contributed by atoms with Gasteiger partial charge in [-0.25, -0.2) is 0 Å². The molecule has 0 bridgehead atoms. The maximum absolute atomic E-state index is 5.50. The number of nitrogens with two attached hydrogens (primary N) is 2. The summed E-state index contributed by atoms with van der Waals surface area (Å²) >= 11 is 0. The van der Waals surface area contributed by atoms with Crippen LogP contribution in [-0.2, 0) is 6.42 Å². The fourth-order valence-electron chi connectivity index (χ4n) is 1.75. The summed E-state index contributed by atoms with van der Waals surface area (Å²) in [6.07, 6.45) is 2.40. The van der Waals surface area contributed by atoms with Crippen LogP contribution >= 0.6 is 0 Å². The molecule has 6 N–H and O–H groups in total. The molecule has 0 atom stereocenters. The zero-order valence-electron chi connectivity index (χ0n) is 10.4. The molecule has 0 aromatic heterocycles. The molecule has 0 aliphatic carbocycles. The lowest BCUT2D eigenvalue weighted by Crippen LogP contribution is -2.46. The van der Waals surface area contributed by atoms with Gasteiger partial charge in [0.25, 0.3) is 0 Å². The van der Waals surface area contributed by atoms with E-state index in [4.69, 9.17) is 11.5 Å². The van der Waals surface area contributed by atoms with E-state index in [0.717, 1.165) is 25.9 Å². The molecule has 0 amide bonds. The van der Waals surface area contributed by atoms with E-state index >= 15 is 0 Å². The van der Waals surface area contributed by atoms with Crippen LogP contribution in [0.1, 0.15) is 12.0 Å². The van der Waals surface area contributed by atoms with Gasteiger partial charge in [-0.3, -0.25) is 0 Å². The Hall–Kier alpha value is -0.940. The molecule has 17 heavy (non-hydrogen) atoms. The molecule has 96 valence electrons.